The monoisotopic (exact) mass is 412 g/mol. The van der Waals surface area contributed by atoms with Crippen LogP contribution in [0.2, 0.25) is 5.02 Å². The molecule has 4 amide bonds. The first-order valence-corrected chi connectivity index (χ1v) is 9.63. The van der Waals surface area contributed by atoms with Crippen molar-refractivity contribution in [2.45, 2.75) is 33.3 Å². The van der Waals surface area contributed by atoms with Gasteiger partial charge in [-0.1, -0.05) is 36.7 Å². The second-order valence-corrected chi connectivity index (χ2v) is 7.15. The molecule has 1 atom stereocenters. The molecule has 0 radical (unpaired) electrons. The molecule has 3 rings (SSSR count). The van der Waals surface area contributed by atoms with Gasteiger partial charge in [-0.3, -0.25) is 14.9 Å². The van der Waals surface area contributed by atoms with Crippen LogP contribution >= 0.6 is 11.6 Å². The Kier molecular flexibility index (Phi) is 6.03. The molecule has 1 heterocycles. The number of urea groups is 1. The number of benzene rings is 2. The second-order valence-electron chi connectivity index (χ2n) is 6.75. The first kappa shape index (κ1) is 20.6. The molecule has 7 heteroatoms. The van der Waals surface area contributed by atoms with E-state index in [-0.39, 0.29) is 11.7 Å². The Morgan fingerprint density at radius 3 is 2.48 bits per heavy atom. The van der Waals surface area contributed by atoms with Crippen molar-refractivity contribution < 1.29 is 19.1 Å². The number of nitrogens with zero attached hydrogens (tertiary/aromatic N) is 1. The summed E-state index contributed by atoms with van der Waals surface area (Å²) in [6.07, 6.45) is 2.42. The van der Waals surface area contributed by atoms with Crippen molar-refractivity contribution in [3.8, 4) is 5.75 Å². The third-order valence-corrected chi connectivity index (χ3v) is 5.09. The summed E-state index contributed by atoms with van der Waals surface area (Å²) in [6.45, 7) is 5.71. The number of carbonyl (C=O) groups excluding carboxylic acids is 3. The van der Waals surface area contributed by atoms with E-state index in [4.69, 9.17) is 16.3 Å². The van der Waals surface area contributed by atoms with Gasteiger partial charge in [-0.2, -0.15) is 0 Å². The highest BCUT2D eigenvalue weighted by Gasteiger charge is 2.37. The van der Waals surface area contributed by atoms with Crippen LogP contribution in [-0.4, -0.2) is 23.9 Å². The molecule has 1 N–H and O–H groups in total. The maximum atomic E-state index is 13.0. The number of amides is 4. The first-order chi connectivity index (χ1) is 13.8. The summed E-state index contributed by atoms with van der Waals surface area (Å²) in [5.41, 5.74) is 1.39. The van der Waals surface area contributed by atoms with Gasteiger partial charge in [-0.05, 0) is 61.7 Å². The number of imide groups is 2. The lowest BCUT2D eigenvalue weighted by molar-refractivity contribution is -0.122. The molecule has 2 aromatic rings. The van der Waals surface area contributed by atoms with Crippen molar-refractivity contribution in [2.75, 3.05) is 4.90 Å². The van der Waals surface area contributed by atoms with E-state index in [1.807, 2.05) is 13.8 Å². The van der Waals surface area contributed by atoms with Crippen LogP contribution in [0.4, 0.5) is 10.5 Å². The number of barbiturate groups is 1. The minimum atomic E-state index is -0.806. The minimum absolute atomic E-state index is 0.0883. The number of hydrogen-bond acceptors (Lipinski definition) is 4. The molecule has 150 valence electrons. The molecule has 0 aliphatic carbocycles. The molecule has 2 aromatic carbocycles. The predicted molar refractivity (Wildman–Crippen MR) is 112 cm³/mol. The SMILES string of the molecule is CC[C@@H](C)Oc1ccc(/C=C2\C(=O)NC(=O)N(c3cccc(Cl)c3C)C2=O)cc1. The third-order valence-electron chi connectivity index (χ3n) is 4.68. The molecule has 1 aliphatic heterocycles. The molecule has 0 aromatic heterocycles. The van der Waals surface area contributed by atoms with Gasteiger partial charge in [0.1, 0.15) is 11.3 Å². The van der Waals surface area contributed by atoms with Gasteiger partial charge in [0.25, 0.3) is 11.8 Å². The average molecular weight is 413 g/mol. The normalized spacial score (nSPS) is 16.8. The van der Waals surface area contributed by atoms with E-state index in [9.17, 15) is 14.4 Å². The molecule has 1 fully saturated rings. The Labute approximate surface area is 174 Å². The topological polar surface area (TPSA) is 75.7 Å². The number of rotatable bonds is 5. The van der Waals surface area contributed by atoms with E-state index in [1.54, 1.807) is 49.4 Å². The molecule has 0 saturated carbocycles. The fraction of sp³-hybridized carbons (Fsp3) is 0.227. The molecular formula is C22H21ClN2O4. The van der Waals surface area contributed by atoms with Crippen LogP contribution in [0.25, 0.3) is 6.08 Å². The fourth-order valence-electron chi connectivity index (χ4n) is 2.84. The fourth-order valence-corrected chi connectivity index (χ4v) is 3.01. The number of halogens is 1. The number of nitrogens with one attached hydrogen (secondary N) is 1. The van der Waals surface area contributed by atoms with Gasteiger partial charge in [0.05, 0.1) is 11.8 Å². The Balaban J connectivity index is 1.92. The van der Waals surface area contributed by atoms with Crippen molar-refractivity contribution in [3.05, 3.63) is 64.2 Å². The molecule has 29 heavy (non-hydrogen) atoms. The standard InChI is InChI=1S/C22H21ClN2O4/c1-4-13(2)29-16-10-8-15(9-11-16)12-17-20(26)24-22(28)25(21(17)27)19-7-5-6-18(23)14(19)3/h5-13H,4H2,1-3H3,(H,24,26,28)/b17-12+/t13-/m1/s1. The van der Waals surface area contributed by atoms with Gasteiger partial charge in [0.15, 0.2) is 0 Å². The maximum absolute atomic E-state index is 13.0. The smallest absolute Gasteiger partial charge is 0.335 e. The first-order valence-electron chi connectivity index (χ1n) is 9.25. The van der Waals surface area contributed by atoms with Crippen LogP contribution in [0.3, 0.4) is 0 Å². The minimum Gasteiger partial charge on any atom is -0.491 e. The second kappa shape index (κ2) is 8.49. The lowest BCUT2D eigenvalue weighted by Crippen LogP contribution is -2.54. The van der Waals surface area contributed by atoms with E-state index < -0.39 is 17.8 Å². The van der Waals surface area contributed by atoms with Crippen molar-refractivity contribution >= 4 is 41.2 Å². The summed E-state index contributed by atoms with van der Waals surface area (Å²) in [6, 6.07) is 11.1. The zero-order chi connectivity index (χ0) is 21.1. The van der Waals surface area contributed by atoms with Gasteiger partial charge in [0.2, 0.25) is 0 Å². The van der Waals surface area contributed by atoms with Gasteiger partial charge >= 0.3 is 6.03 Å². The lowest BCUT2D eigenvalue weighted by Gasteiger charge is -2.27. The molecule has 0 spiro atoms. The summed E-state index contributed by atoms with van der Waals surface area (Å²) >= 11 is 6.12. The summed E-state index contributed by atoms with van der Waals surface area (Å²) in [5.74, 6) is -0.743. The summed E-state index contributed by atoms with van der Waals surface area (Å²) in [4.78, 5) is 38.5. The number of hydrogen-bond donors (Lipinski definition) is 1. The van der Waals surface area contributed by atoms with Crippen molar-refractivity contribution in [3.63, 3.8) is 0 Å². The van der Waals surface area contributed by atoms with Crippen molar-refractivity contribution in [2.24, 2.45) is 0 Å². The Morgan fingerprint density at radius 2 is 1.83 bits per heavy atom. The average Bonchev–Trinajstić information content (AvgIpc) is 2.69. The molecule has 1 aliphatic rings. The van der Waals surface area contributed by atoms with E-state index in [0.717, 1.165) is 11.3 Å². The highest BCUT2D eigenvalue weighted by atomic mass is 35.5. The van der Waals surface area contributed by atoms with Gasteiger partial charge in [0, 0.05) is 5.02 Å². The molecule has 0 unspecified atom stereocenters. The number of carbonyl (C=O) groups is 3. The number of ether oxygens (including phenoxy) is 1. The van der Waals surface area contributed by atoms with Crippen molar-refractivity contribution in [1.29, 1.82) is 0 Å². The lowest BCUT2D eigenvalue weighted by atomic mass is 10.1. The predicted octanol–water partition coefficient (Wildman–Crippen LogP) is 4.49. The van der Waals surface area contributed by atoms with Crippen LogP contribution in [-0.2, 0) is 9.59 Å². The van der Waals surface area contributed by atoms with E-state index >= 15 is 0 Å². The molecular weight excluding hydrogens is 392 g/mol. The summed E-state index contributed by atoms with van der Waals surface area (Å²) < 4.78 is 5.73. The Morgan fingerprint density at radius 1 is 1.14 bits per heavy atom. The third kappa shape index (κ3) is 4.32. The van der Waals surface area contributed by atoms with Crippen LogP contribution in [0.1, 0.15) is 31.4 Å². The van der Waals surface area contributed by atoms with Crippen molar-refractivity contribution in [1.82, 2.24) is 5.32 Å². The Bertz CT molecular complexity index is 998. The zero-order valence-electron chi connectivity index (χ0n) is 16.4. The van der Waals surface area contributed by atoms with Crippen LogP contribution in [0.15, 0.2) is 48.0 Å². The van der Waals surface area contributed by atoms with Gasteiger partial charge < -0.3 is 4.74 Å². The summed E-state index contributed by atoms with van der Waals surface area (Å²) in [5, 5.41) is 2.63. The maximum Gasteiger partial charge on any atom is 0.335 e. The van der Waals surface area contributed by atoms with Crippen LogP contribution < -0.4 is 15.0 Å². The zero-order valence-corrected chi connectivity index (χ0v) is 17.1. The van der Waals surface area contributed by atoms with Gasteiger partial charge in [-0.25, -0.2) is 9.69 Å². The van der Waals surface area contributed by atoms with E-state index in [0.29, 0.717) is 27.6 Å². The summed E-state index contributed by atoms with van der Waals surface area (Å²) in [7, 11) is 0. The number of anilines is 1. The Hall–Kier alpha value is -3.12. The highest BCUT2D eigenvalue weighted by Crippen LogP contribution is 2.29. The molecule has 1 saturated heterocycles. The van der Waals surface area contributed by atoms with Gasteiger partial charge in [-0.15, -0.1) is 0 Å². The van der Waals surface area contributed by atoms with Crippen LogP contribution in [0, 0.1) is 6.92 Å². The quantitative estimate of drug-likeness (QED) is 0.579. The van der Waals surface area contributed by atoms with Crippen LogP contribution in [0.5, 0.6) is 5.75 Å². The largest absolute Gasteiger partial charge is 0.491 e. The van der Waals surface area contributed by atoms with E-state index in [2.05, 4.69) is 5.32 Å². The van der Waals surface area contributed by atoms with E-state index in [1.165, 1.54) is 6.08 Å². The molecule has 0 bridgehead atoms. The molecule has 6 nitrogen and oxygen atoms in total. The highest BCUT2D eigenvalue weighted by molar-refractivity contribution is 6.39.